The minimum Gasteiger partial charge on any atom is -0.319 e. The minimum atomic E-state index is 0.0343. The fourth-order valence-electron chi connectivity index (χ4n) is 5.41. The van der Waals surface area contributed by atoms with E-state index in [1.165, 1.54) is 23.3 Å². The van der Waals surface area contributed by atoms with Crippen molar-refractivity contribution in [1.29, 1.82) is 0 Å². The molecule has 3 unspecified atom stereocenters. The van der Waals surface area contributed by atoms with Crippen molar-refractivity contribution in [2.24, 2.45) is 5.92 Å². The SMILES string of the molecule is CSc1ccc(NC(=O)N2CC(c3cccnc3)C3C2C2CCN3CC2)cc1. The van der Waals surface area contributed by atoms with Crippen LogP contribution in [0, 0.1) is 5.92 Å². The lowest BCUT2D eigenvalue weighted by molar-refractivity contribution is 0.00493. The molecule has 4 aliphatic rings. The molecular weight excluding hydrogens is 368 g/mol. The fraction of sp³-hybridized carbons (Fsp3) is 0.455. The van der Waals surface area contributed by atoms with Crippen LogP contribution >= 0.6 is 11.8 Å². The number of likely N-dealkylation sites (tertiary alicyclic amines) is 1. The van der Waals surface area contributed by atoms with Gasteiger partial charge < -0.3 is 10.2 Å². The number of hydrogen-bond donors (Lipinski definition) is 1. The zero-order chi connectivity index (χ0) is 19.1. The summed E-state index contributed by atoms with van der Waals surface area (Å²) in [6, 6.07) is 13.0. The van der Waals surface area contributed by atoms with Gasteiger partial charge in [0.15, 0.2) is 0 Å². The molecule has 0 radical (unpaired) electrons. The lowest BCUT2D eigenvalue weighted by atomic mass is 9.75. The smallest absolute Gasteiger partial charge is 0.319 e. The predicted molar refractivity (Wildman–Crippen MR) is 113 cm³/mol. The Bertz CT molecular complexity index is 835. The standard InChI is InChI=1S/C22H26N4OS/c1-28-18-6-4-17(5-7-18)24-22(27)26-14-19(16-3-2-10-23-13-16)21-20(26)15-8-11-25(21)12-9-15/h2-7,10,13,15,19-21H,8-9,11-12,14H2,1H3,(H,24,27). The van der Waals surface area contributed by atoms with E-state index in [2.05, 4.69) is 44.6 Å². The number of aromatic nitrogens is 1. The first-order chi connectivity index (χ1) is 13.7. The summed E-state index contributed by atoms with van der Waals surface area (Å²) in [4.78, 5) is 23.5. The van der Waals surface area contributed by atoms with Crippen LogP contribution in [-0.2, 0) is 0 Å². The Morgan fingerprint density at radius 1 is 1.14 bits per heavy atom. The number of nitrogens with zero attached hydrogens (tertiary/aromatic N) is 3. The van der Waals surface area contributed by atoms with Gasteiger partial charge in [-0.05, 0) is 74.0 Å². The van der Waals surface area contributed by atoms with E-state index in [9.17, 15) is 4.79 Å². The number of piperidine rings is 3. The molecule has 2 amide bonds. The molecule has 1 aromatic heterocycles. The van der Waals surface area contributed by atoms with Gasteiger partial charge in [0.1, 0.15) is 0 Å². The number of pyridine rings is 1. The Balaban J connectivity index is 1.41. The number of thioether (sulfide) groups is 1. The Morgan fingerprint density at radius 3 is 2.61 bits per heavy atom. The number of urea groups is 1. The van der Waals surface area contributed by atoms with Crippen LogP contribution in [0.3, 0.4) is 0 Å². The maximum absolute atomic E-state index is 13.3. The first-order valence-corrected chi connectivity index (χ1v) is 11.3. The summed E-state index contributed by atoms with van der Waals surface area (Å²) in [5, 5.41) is 3.14. The molecule has 6 rings (SSSR count). The number of hydrogen-bond acceptors (Lipinski definition) is 4. The van der Waals surface area contributed by atoms with Gasteiger partial charge in [0, 0.05) is 41.5 Å². The molecule has 28 heavy (non-hydrogen) atoms. The van der Waals surface area contributed by atoms with Gasteiger partial charge >= 0.3 is 6.03 Å². The lowest BCUT2D eigenvalue weighted by Gasteiger charge is -2.51. The molecule has 3 atom stereocenters. The van der Waals surface area contributed by atoms with Gasteiger partial charge in [0.25, 0.3) is 0 Å². The van der Waals surface area contributed by atoms with Gasteiger partial charge in [-0.2, -0.15) is 0 Å². The largest absolute Gasteiger partial charge is 0.322 e. The third-order valence-electron chi connectivity index (χ3n) is 6.71. The lowest BCUT2D eigenvalue weighted by Crippen LogP contribution is -2.61. The van der Waals surface area contributed by atoms with Crippen molar-refractivity contribution >= 4 is 23.5 Å². The molecule has 1 aromatic carbocycles. The van der Waals surface area contributed by atoms with Crippen molar-refractivity contribution in [2.75, 3.05) is 31.2 Å². The average Bonchev–Trinajstić information content (AvgIpc) is 3.19. The summed E-state index contributed by atoms with van der Waals surface area (Å²) in [6.45, 7) is 3.09. The zero-order valence-corrected chi connectivity index (χ0v) is 16.9. The van der Waals surface area contributed by atoms with E-state index >= 15 is 0 Å². The van der Waals surface area contributed by atoms with Crippen LogP contribution in [0.1, 0.15) is 24.3 Å². The van der Waals surface area contributed by atoms with E-state index in [0.717, 1.165) is 25.3 Å². The quantitative estimate of drug-likeness (QED) is 0.802. The normalized spacial score (nSPS) is 30.9. The number of carbonyl (C=O) groups is 1. The van der Waals surface area contributed by atoms with Crippen LogP contribution in [0.5, 0.6) is 0 Å². The van der Waals surface area contributed by atoms with E-state index in [1.807, 2.05) is 30.6 Å². The number of amides is 2. The molecule has 4 saturated heterocycles. The van der Waals surface area contributed by atoms with E-state index in [1.54, 1.807) is 11.8 Å². The molecular formula is C22H26N4OS. The summed E-state index contributed by atoms with van der Waals surface area (Å²) in [5.41, 5.74) is 2.12. The monoisotopic (exact) mass is 394 g/mol. The molecule has 6 heteroatoms. The highest BCUT2D eigenvalue weighted by Crippen LogP contribution is 2.46. The summed E-state index contributed by atoms with van der Waals surface area (Å²) in [6.07, 6.45) is 8.27. The third kappa shape index (κ3) is 3.08. The topological polar surface area (TPSA) is 48.5 Å². The van der Waals surface area contributed by atoms with Crippen LogP contribution in [0.15, 0.2) is 53.7 Å². The number of anilines is 1. The molecule has 0 spiro atoms. The number of benzene rings is 1. The summed E-state index contributed by atoms with van der Waals surface area (Å²) in [7, 11) is 0. The second kappa shape index (κ2) is 7.41. The molecule has 0 aliphatic carbocycles. The summed E-state index contributed by atoms with van der Waals surface area (Å²) < 4.78 is 0. The van der Waals surface area contributed by atoms with Crippen molar-refractivity contribution in [3.8, 4) is 0 Å². The molecule has 1 N–H and O–H groups in total. The molecule has 4 aliphatic heterocycles. The molecule has 5 nitrogen and oxygen atoms in total. The van der Waals surface area contributed by atoms with E-state index in [4.69, 9.17) is 0 Å². The minimum absolute atomic E-state index is 0.0343. The summed E-state index contributed by atoms with van der Waals surface area (Å²) >= 11 is 1.71. The van der Waals surface area contributed by atoms with Crippen molar-refractivity contribution < 1.29 is 4.79 Å². The maximum Gasteiger partial charge on any atom is 0.322 e. The van der Waals surface area contributed by atoms with E-state index in [0.29, 0.717) is 23.9 Å². The second-order valence-corrected chi connectivity index (χ2v) is 8.94. The Kier molecular flexibility index (Phi) is 4.77. The fourth-order valence-corrected chi connectivity index (χ4v) is 5.82. The number of nitrogens with one attached hydrogen (secondary N) is 1. The maximum atomic E-state index is 13.3. The molecule has 2 bridgehead atoms. The van der Waals surface area contributed by atoms with Crippen molar-refractivity contribution in [3.05, 3.63) is 54.4 Å². The highest BCUT2D eigenvalue weighted by molar-refractivity contribution is 7.98. The van der Waals surface area contributed by atoms with Crippen LogP contribution in [0.2, 0.25) is 0 Å². The summed E-state index contributed by atoms with van der Waals surface area (Å²) in [5.74, 6) is 0.952. The number of fused-ring (bicyclic) bond motifs is 2. The van der Waals surface area contributed by atoms with Crippen LogP contribution in [-0.4, -0.2) is 58.8 Å². The van der Waals surface area contributed by atoms with Crippen molar-refractivity contribution in [2.45, 2.75) is 35.7 Å². The van der Waals surface area contributed by atoms with Gasteiger partial charge in [0.2, 0.25) is 0 Å². The van der Waals surface area contributed by atoms with Crippen LogP contribution < -0.4 is 5.32 Å². The molecule has 5 heterocycles. The molecule has 146 valence electrons. The van der Waals surface area contributed by atoms with Crippen molar-refractivity contribution in [3.63, 3.8) is 0 Å². The van der Waals surface area contributed by atoms with Crippen LogP contribution in [0.25, 0.3) is 0 Å². The molecule has 4 fully saturated rings. The second-order valence-electron chi connectivity index (χ2n) is 8.06. The molecule has 0 saturated carbocycles. The van der Waals surface area contributed by atoms with Gasteiger partial charge in [0.05, 0.1) is 6.04 Å². The van der Waals surface area contributed by atoms with E-state index in [-0.39, 0.29) is 6.03 Å². The predicted octanol–water partition coefficient (Wildman–Crippen LogP) is 3.90. The highest BCUT2D eigenvalue weighted by Gasteiger charge is 2.54. The first kappa shape index (κ1) is 18.0. The van der Waals surface area contributed by atoms with Gasteiger partial charge in [-0.15, -0.1) is 11.8 Å². The molecule has 2 aromatic rings. The van der Waals surface area contributed by atoms with E-state index < -0.39 is 0 Å². The van der Waals surface area contributed by atoms with Gasteiger partial charge in [-0.1, -0.05) is 6.07 Å². The Hall–Kier alpha value is -2.05. The van der Waals surface area contributed by atoms with Gasteiger partial charge in [-0.3, -0.25) is 9.88 Å². The average molecular weight is 395 g/mol. The third-order valence-corrected chi connectivity index (χ3v) is 7.45. The van der Waals surface area contributed by atoms with Gasteiger partial charge in [-0.25, -0.2) is 4.79 Å². The highest BCUT2D eigenvalue weighted by atomic mass is 32.2. The Labute approximate surface area is 170 Å². The first-order valence-electron chi connectivity index (χ1n) is 10.1. The van der Waals surface area contributed by atoms with Crippen LogP contribution in [0.4, 0.5) is 10.5 Å². The van der Waals surface area contributed by atoms with Crippen molar-refractivity contribution in [1.82, 2.24) is 14.8 Å². The Morgan fingerprint density at radius 2 is 1.93 bits per heavy atom. The zero-order valence-electron chi connectivity index (χ0n) is 16.1. The number of rotatable bonds is 3. The number of carbonyl (C=O) groups excluding carboxylic acids is 1.